The van der Waals surface area contributed by atoms with Crippen LogP contribution in [0, 0.1) is 5.92 Å². The number of aliphatic hydroxyl groups excluding tert-OH is 1. The molecule has 0 heterocycles. The van der Waals surface area contributed by atoms with Crippen molar-refractivity contribution in [3.05, 3.63) is 0 Å². The van der Waals surface area contributed by atoms with E-state index in [0.29, 0.717) is 6.54 Å². The van der Waals surface area contributed by atoms with Crippen molar-refractivity contribution in [1.29, 1.82) is 0 Å². The second-order valence-electron chi connectivity index (χ2n) is 4.40. The highest BCUT2D eigenvalue weighted by Crippen LogP contribution is 2.24. The van der Waals surface area contributed by atoms with Crippen LogP contribution < -0.4 is 11.1 Å². The highest BCUT2D eigenvalue weighted by Gasteiger charge is 2.25. The van der Waals surface area contributed by atoms with Crippen LogP contribution in [0.25, 0.3) is 0 Å². The first kappa shape index (κ1) is 12.5. The Morgan fingerprint density at radius 2 is 2.33 bits per heavy atom. The minimum atomic E-state index is -0.395. The van der Waals surface area contributed by atoms with Crippen LogP contribution in [0.4, 0.5) is 0 Å². The van der Waals surface area contributed by atoms with Crippen molar-refractivity contribution in [2.45, 2.75) is 51.2 Å². The van der Waals surface area contributed by atoms with E-state index < -0.39 is 6.04 Å². The van der Waals surface area contributed by atoms with Gasteiger partial charge in [-0.15, -0.1) is 0 Å². The van der Waals surface area contributed by atoms with Crippen molar-refractivity contribution < 1.29 is 9.90 Å². The molecular weight excluding hydrogens is 192 g/mol. The lowest BCUT2D eigenvalue weighted by molar-refractivity contribution is -0.122. The molecule has 1 amide bonds. The number of hydrogen-bond acceptors (Lipinski definition) is 3. The first-order valence-corrected chi connectivity index (χ1v) is 5.86. The highest BCUT2D eigenvalue weighted by atomic mass is 16.3. The molecule has 3 atom stereocenters. The largest absolute Gasteiger partial charge is 0.393 e. The van der Waals surface area contributed by atoms with Crippen LogP contribution >= 0.6 is 0 Å². The van der Waals surface area contributed by atoms with Crippen molar-refractivity contribution in [2.24, 2.45) is 11.7 Å². The number of hydrogen-bond donors (Lipinski definition) is 3. The van der Waals surface area contributed by atoms with Crippen LogP contribution in [-0.4, -0.2) is 29.7 Å². The molecule has 0 bridgehead atoms. The Hall–Kier alpha value is -0.610. The van der Waals surface area contributed by atoms with E-state index in [1.807, 2.05) is 6.92 Å². The Morgan fingerprint density at radius 3 is 2.87 bits per heavy atom. The van der Waals surface area contributed by atoms with Gasteiger partial charge < -0.3 is 16.2 Å². The van der Waals surface area contributed by atoms with Crippen molar-refractivity contribution in [3.8, 4) is 0 Å². The summed E-state index contributed by atoms with van der Waals surface area (Å²) in [6.07, 6.45) is 4.32. The summed E-state index contributed by atoms with van der Waals surface area (Å²) in [6.45, 7) is 2.57. The molecule has 88 valence electrons. The van der Waals surface area contributed by atoms with Gasteiger partial charge in [-0.05, 0) is 19.3 Å². The van der Waals surface area contributed by atoms with Gasteiger partial charge in [-0.25, -0.2) is 0 Å². The van der Waals surface area contributed by atoms with Gasteiger partial charge in [-0.2, -0.15) is 0 Å². The number of nitrogens with two attached hydrogens (primary N) is 1. The third-order valence-corrected chi connectivity index (χ3v) is 3.09. The number of aliphatic hydroxyl groups is 1. The van der Waals surface area contributed by atoms with Gasteiger partial charge in [0.05, 0.1) is 12.1 Å². The minimum Gasteiger partial charge on any atom is -0.393 e. The summed E-state index contributed by atoms with van der Waals surface area (Å²) in [6, 6.07) is -0.395. The summed E-state index contributed by atoms with van der Waals surface area (Å²) < 4.78 is 0. The van der Waals surface area contributed by atoms with Gasteiger partial charge in [0.15, 0.2) is 0 Å². The molecule has 1 fully saturated rings. The SMILES string of the molecule is CCC[C@H](N)C(=O)NCC1CCCC1O. The third-order valence-electron chi connectivity index (χ3n) is 3.09. The summed E-state index contributed by atoms with van der Waals surface area (Å²) >= 11 is 0. The standard InChI is InChI=1S/C11H22N2O2/c1-2-4-9(12)11(15)13-7-8-5-3-6-10(8)14/h8-10,14H,2-7,12H2,1H3,(H,13,15)/t8?,9-,10?/m0/s1. The lowest BCUT2D eigenvalue weighted by Gasteiger charge is -2.17. The summed E-state index contributed by atoms with van der Waals surface area (Å²) in [7, 11) is 0. The molecule has 4 heteroatoms. The summed E-state index contributed by atoms with van der Waals surface area (Å²) in [5.74, 6) is 0.138. The van der Waals surface area contributed by atoms with Crippen LogP contribution in [0.15, 0.2) is 0 Å². The molecule has 0 radical (unpaired) electrons. The fraction of sp³-hybridized carbons (Fsp3) is 0.909. The lowest BCUT2D eigenvalue weighted by Crippen LogP contribution is -2.43. The number of rotatable bonds is 5. The van der Waals surface area contributed by atoms with Crippen LogP contribution in [0.3, 0.4) is 0 Å². The number of amides is 1. The predicted octanol–water partition coefficient (Wildman–Crippen LogP) is 0.391. The molecule has 15 heavy (non-hydrogen) atoms. The Balaban J connectivity index is 2.21. The Labute approximate surface area is 91.2 Å². The van der Waals surface area contributed by atoms with Crippen molar-refractivity contribution >= 4 is 5.91 Å². The summed E-state index contributed by atoms with van der Waals surface area (Å²) in [5, 5.41) is 12.4. The molecule has 4 N–H and O–H groups in total. The second-order valence-corrected chi connectivity index (χ2v) is 4.40. The molecular formula is C11H22N2O2. The molecule has 0 aromatic carbocycles. The summed E-state index contributed by atoms with van der Waals surface area (Å²) in [5.41, 5.74) is 5.67. The first-order valence-electron chi connectivity index (χ1n) is 5.86. The molecule has 1 aliphatic carbocycles. The van der Waals surface area contributed by atoms with Crippen LogP contribution in [0.1, 0.15) is 39.0 Å². The summed E-state index contributed by atoms with van der Waals surface area (Å²) in [4.78, 5) is 11.5. The molecule has 1 rings (SSSR count). The normalized spacial score (nSPS) is 27.7. The zero-order valence-corrected chi connectivity index (χ0v) is 9.41. The average molecular weight is 214 g/mol. The van der Waals surface area contributed by atoms with Crippen LogP contribution in [-0.2, 0) is 4.79 Å². The molecule has 0 saturated heterocycles. The fourth-order valence-corrected chi connectivity index (χ4v) is 2.06. The van der Waals surface area contributed by atoms with Crippen molar-refractivity contribution in [2.75, 3.05) is 6.54 Å². The monoisotopic (exact) mass is 214 g/mol. The molecule has 1 aliphatic rings. The molecule has 0 aliphatic heterocycles. The van der Waals surface area contributed by atoms with Gasteiger partial charge in [-0.3, -0.25) is 4.79 Å². The van der Waals surface area contributed by atoms with Crippen LogP contribution in [0.2, 0.25) is 0 Å². The van der Waals surface area contributed by atoms with Crippen molar-refractivity contribution in [3.63, 3.8) is 0 Å². The molecule has 0 spiro atoms. The van der Waals surface area contributed by atoms with E-state index in [2.05, 4.69) is 5.32 Å². The fourth-order valence-electron chi connectivity index (χ4n) is 2.06. The maximum Gasteiger partial charge on any atom is 0.236 e. The van der Waals surface area contributed by atoms with E-state index in [9.17, 15) is 9.90 Å². The highest BCUT2D eigenvalue weighted by molar-refractivity contribution is 5.81. The Bertz CT molecular complexity index is 209. The maximum atomic E-state index is 11.5. The van der Waals surface area contributed by atoms with Gasteiger partial charge in [0, 0.05) is 12.5 Å². The molecule has 4 nitrogen and oxygen atoms in total. The number of nitrogens with one attached hydrogen (secondary N) is 1. The second kappa shape index (κ2) is 6.08. The Morgan fingerprint density at radius 1 is 1.60 bits per heavy atom. The molecule has 1 saturated carbocycles. The van der Waals surface area contributed by atoms with Gasteiger partial charge in [0.1, 0.15) is 0 Å². The van der Waals surface area contributed by atoms with E-state index in [1.165, 1.54) is 0 Å². The maximum absolute atomic E-state index is 11.5. The van der Waals surface area contributed by atoms with E-state index in [4.69, 9.17) is 5.73 Å². The van der Waals surface area contributed by atoms with Gasteiger partial charge in [0.25, 0.3) is 0 Å². The number of carbonyl (C=O) groups excluding carboxylic acids is 1. The zero-order valence-electron chi connectivity index (χ0n) is 9.41. The molecule has 2 unspecified atom stereocenters. The van der Waals surface area contributed by atoms with Gasteiger partial charge in [0.2, 0.25) is 5.91 Å². The van der Waals surface area contributed by atoms with Crippen LogP contribution in [0.5, 0.6) is 0 Å². The Kier molecular flexibility index (Phi) is 5.05. The lowest BCUT2D eigenvalue weighted by atomic mass is 10.1. The smallest absolute Gasteiger partial charge is 0.236 e. The van der Waals surface area contributed by atoms with E-state index in [1.54, 1.807) is 0 Å². The topological polar surface area (TPSA) is 75.4 Å². The zero-order chi connectivity index (χ0) is 11.3. The quantitative estimate of drug-likeness (QED) is 0.619. The number of carbonyl (C=O) groups is 1. The first-order chi connectivity index (χ1) is 7.15. The van der Waals surface area contributed by atoms with E-state index in [0.717, 1.165) is 32.1 Å². The van der Waals surface area contributed by atoms with Gasteiger partial charge >= 0.3 is 0 Å². The van der Waals surface area contributed by atoms with Gasteiger partial charge in [-0.1, -0.05) is 19.8 Å². The predicted molar refractivity (Wildman–Crippen MR) is 59.2 cm³/mol. The van der Waals surface area contributed by atoms with E-state index in [-0.39, 0.29) is 17.9 Å². The van der Waals surface area contributed by atoms with Crippen molar-refractivity contribution in [1.82, 2.24) is 5.32 Å². The molecule has 0 aromatic rings. The third kappa shape index (κ3) is 3.80. The molecule has 0 aromatic heterocycles. The van der Waals surface area contributed by atoms with E-state index >= 15 is 0 Å². The minimum absolute atomic E-state index is 0.0871. The average Bonchev–Trinajstić information content (AvgIpc) is 2.61.